The summed E-state index contributed by atoms with van der Waals surface area (Å²) in [4.78, 5) is 2.31. The van der Waals surface area contributed by atoms with Gasteiger partial charge in [0.25, 0.3) is 0 Å². The van der Waals surface area contributed by atoms with Gasteiger partial charge in [0.1, 0.15) is 5.75 Å². The Morgan fingerprint density at radius 3 is 2.23 bits per heavy atom. The predicted octanol–water partition coefficient (Wildman–Crippen LogP) is 5.42. The Labute approximate surface area is 131 Å². The first kappa shape index (κ1) is 18.7. The van der Waals surface area contributed by atoms with Crippen molar-refractivity contribution in [1.82, 2.24) is 0 Å². The Hall–Kier alpha value is -1.39. The molecule has 0 bridgehead atoms. The minimum atomic E-state index is -4.30. The van der Waals surface area contributed by atoms with Crippen LogP contribution in [-0.4, -0.2) is 25.4 Å². The maximum absolute atomic E-state index is 12.1. The quantitative estimate of drug-likeness (QED) is 0.564. The van der Waals surface area contributed by atoms with E-state index >= 15 is 0 Å². The van der Waals surface area contributed by atoms with E-state index in [9.17, 15) is 13.2 Å². The first-order valence-electron chi connectivity index (χ1n) is 7.93. The van der Waals surface area contributed by atoms with Crippen molar-refractivity contribution in [3.8, 4) is 5.75 Å². The molecule has 0 heterocycles. The van der Waals surface area contributed by atoms with Gasteiger partial charge in [-0.3, -0.25) is 0 Å². The van der Waals surface area contributed by atoms with Crippen LogP contribution in [0.25, 0.3) is 0 Å². The normalized spacial score (nSPS) is 13.0. The molecule has 1 atom stereocenters. The highest BCUT2D eigenvalue weighted by molar-refractivity contribution is 5.49. The summed E-state index contributed by atoms with van der Waals surface area (Å²) in [7, 11) is 0. The van der Waals surface area contributed by atoms with Crippen LogP contribution in [-0.2, 0) is 0 Å². The molecule has 0 aliphatic carbocycles. The zero-order chi connectivity index (χ0) is 16.6. The molecule has 0 fully saturated rings. The van der Waals surface area contributed by atoms with Gasteiger partial charge in [-0.1, -0.05) is 26.7 Å². The van der Waals surface area contributed by atoms with Crippen LogP contribution in [0.2, 0.25) is 0 Å². The Bertz CT molecular complexity index is 417. The van der Waals surface area contributed by atoms with Crippen LogP contribution in [0.3, 0.4) is 0 Å². The molecule has 0 radical (unpaired) electrons. The number of hydrogen-bond acceptors (Lipinski definition) is 2. The zero-order valence-corrected chi connectivity index (χ0v) is 13.6. The SMILES string of the molecule is CCCCCN(c1ccc(OCC(F)(F)F)cc1)[C@@H](C)CC. The van der Waals surface area contributed by atoms with Crippen molar-refractivity contribution in [3.63, 3.8) is 0 Å². The van der Waals surface area contributed by atoms with Gasteiger partial charge >= 0.3 is 6.18 Å². The third-order valence-corrected chi connectivity index (χ3v) is 3.70. The highest BCUT2D eigenvalue weighted by atomic mass is 19.4. The molecule has 0 spiro atoms. The molecule has 1 rings (SSSR count). The largest absolute Gasteiger partial charge is 0.484 e. The smallest absolute Gasteiger partial charge is 0.422 e. The predicted molar refractivity (Wildman–Crippen MR) is 84.6 cm³/mol. The maximum Gasteiger partial charge on any atom is 0.422 e. The number of halogens is 3. The third-order valence-electron chi connectivity index (χ3n) is 3.70. The van der Waals surface area contributed by atoms with Crippen molar-refractivity contribution in [2.75, 3.05) is 18.1 Å². The van der Waals surface area contributed by atoms with E-state index in [-0.39, 0.29) is 5.75 Å². The molecule has 22 heavy (non-hydrogen) atoms. The van der Waals surface area contributed by atoms with Gasteiger partial charge < -0.3 is 9.64 Å². The van der Waals surface area contributed by atoms with E-state index < -0.39 is 12.8 Å². The fourth-order valence-electron chi connectivity index (χ4n) is 2.26. The highest BCUT2D eigenvalue weighted by Crippen LogP contribution is 2.24. The summed E-state index contributed by atoms with van der Waals surface area (Å²) in [5.74, 6) is 0.249. The Morgan fingerprint density at radius 1 is 1.09 bits per heavy atom. The fourth-order valence-corrected chi connectivity index (χ4v) is 2.26. The van der Waals surface area contributed by atoms with E-state index in [1.165, 1.54) is 12.8 Å². The van der Waals surface area contributed by atoms with E-state index in [4.69, 9.17) is 4.74 Å². The molecule has 126 valence electrons. The van der Waals surface area contributed by atoms with Gasteiger partial charge in [-0.05, 0) is 44.0 Å². The number of hydrogen-bond donors (Lipinski definition) is 0. The summed E-state index contributed by atoms with van der Waals surface area (Å²) in [6.45, 7) is 6.18. The summed E-state index contributed by atoms with van der Waals surface area (Å²) in [5, 5.41) is 0. The minimum Gasteiger partial charge on any atom is -0.484 e. The fraction of sp³-hybridized carbons (Fsp3) is 0.647. The lowest BCUT2D eigenvalue weighted by atomic mass is 10.1. The first-order chi connectivity index (χ1) is 10.4. The summed E-state index contributed by atoms with van der Waals surface area (Å²) >= 11 is 0. The molecular formula is C17H26F3NO. The lowest BCUT2D eigenvalue weighted by Crippen LogP contribution is -2.33. The average molecular weight is 317 g/mol. The second kappa shape index (κ2) is 8.91. The summed E-state index contributed by atoms with van der Waals surface area (Å²) in [5.41, 5.74) is 1.03. The van der Waals surface area contributed by atoms with Gasteiger partial charge in [0.15, 0.2) is 6.61 Å². The van der Waals surface area contributed by atoms with Crippen molar-refractivity contribution in [2.45, 2.75) is 58.7 Å². The molecule has 2 nitrogen and oxygen atoms in total. The monoisotopic (exact) mass is 317 g/mol. The second-order valence-electron chi connectivity index (χ2n) is 5.56. The molecule has 0 N–H and O–H groups in total. The van der Waals surface area contributed by atoms with Gasteiger partial charge in [-0.2, -0.15) is 13.2 Å². The van der Waals surface area contributed by atoms with Crippen molar-refractivity contribution < 1.29 is 17.9 Å². The molecule has 0 unspecified atom stereocenters. The Kier molecular flexibility index (Phi) is 7.56. The van der Waals surface area contributed by atoms with Gasteiger partial charge in [0, 0.05) is 18.3 Å². The van der Waals surface area contributed by atoms with Crippen LogP contribution >= 0.6 is 0 Å². The topological polar surface area (TPSA) is 12.5 Å². The van der Waals surface area contributed by atoms with Crippen LogP contribution < -0.4 is 9.64 Å². The summed E-state index contributed by atoms with van der Waals surface area (Å²) in [6.07, 6.45) is 0.186. The molecule has 0 aromatic heterocycles. The molecule has 0 aliphatic heterocycles. The van der Waals surface area contributed by atoms with Crippen molar-refractivity contribution in [3.05, 3.63) is 24.3 Å². The number of benzene rings is 1. The number of unbranched alkanes of at least 4 members (excludes halogenated alkanes) is 2. The van der Waals surface area contributed by atoms with Gasteiger partial charge in [0.2, 0.25) is 0 Å². The van der Waals surface area contributed by atoms with Crippen LogP contribution in [0.15, 0.2) is 24.3 Å². The lowest BCUT2D eigenvalue weighted by molar-refractivity contribution is -0.153. The third kappa shape index (κ3) is 6.58. The summed E-state index contributed by atoms with van der Waals surface area (Å²) in [6, 6.07) is 7.29. The van der Waals surface area contributed by atoms with E-state index in [1.807, 2.05) is 12.1 Å². The van der Waals surface area contributed by atoms with Crippen molar-refractivity contribution >= 4 is 5.69 Å². The van der Waals surface area contributed by atoms with Gasteiger partial charge in [-0.15, -0.1) is 0 Å². The maximum atomic E-state index is 12.1. The van der Waals surface area contributed by atoms with E-state index in [1.54, 1.807) is 12.1 Å². The number of rotatable bonds is 9. The molecule has 1 aromatic carbocycles. The van der Waals surface area contributed by atoms with Gasteiger partial charge in [0.05, 0.1) is 0 Å². The van der Waals surface area contributed by atoms with Crippen molar-refractivity contribution in [2.24, 2.45) is 0 Å². The average Bonchev–Trinajstić information content (AvgIpc) is 2.49. The Balaban J connectivity index is 2.70. The number of anilines is 1. The zero-order valence-electron chi connectivity index (χ0n) is 13.6. The lowest BCUT2D eigenvalue weighted by Gasteiger charge is -2.31. The van der Waals surface area contributed by atoms with Crippen LogP contribution in [0.5, 0.6) is 5.75 Å². The molecule has 0 saturated carbocycles. The molecule has 5 heteroatoms. The first-order valence-corrected chi connectivity index (χ1v) is 7.93. The summed E-state index contributed by atoms with van der Waals surface area (Å²) < 4.78 is 41.2. The van der Waals surface area contributed by atoms with Gasteiger partial charge in [-0.25, -0.2) is 0 Å². The number of nitrogens with zero attached hydrogens (tertiary/aromatic N) is 1. The minimum absolute atomic E-state index is 0.249. The van der Waals surface area contributed by atoms with Crippen molar-refractivity contribution in [1.29, 1.82) is 0 Å². The van der Waals surface area contributed by atoms with E-state index in [0.717, 1.165) is 25.1 Å². The molecular weight excluding hydrogens is 291 g/mol. The molecule has 1 aromatic rings. The Morgan fingerprint density at radius 2 is 1.73 bits per heavy atom. The van der Waals surface area contributed by atoms with E-state index in [2.05, 4.69) is 25.7 Å². The number of alkyl halides is 3. The van der Waals surface area contributed by atoms with Crippen LogP contribution in [0.1, 0.15) is 46.5 Å². The second-order valence-corrected chi connectivity index (χ2v) is 5.56. The molecule has 0 aliphatic rings. The molecule has 0 saturated heterocycles. The highest BCUT2D eigenvalue weighted by Gasteiger charge is 2.28. The van der Waals surface area contributed by atoms with Crippen LogP contribution in [0.4, 0.5) is 18.9 Å². The van der Waals surface area contributed by atoms with E-state index in [0.29, 0.717) is 6.04 Å². The standard InChI is InChI=1S/C17H26F3NO/c1-4-6-7-12-21(14(3)5-2)15-8-10-16(11-9-15)22-13-17(18,19)20/h8-11,14H,4-7,12-13H2,1-3H3/t14-/m0/s1. The molecule has 0 amide bonds. The van der Waals surface area contributed by atoms with Crippen LogP contribution in [0, 0.1) is 0 Å². The number of ether oxygens (including phenoxy) is 1.